The zero-order valence-corrected chi connectivity index (χ0v) is 29.7. The van der Waals surface area contributed by atoms with Crippen molar-refractivity contribution in [3.63, 3.8) is 0 Å². The first-order chi connectivity index (χ1) is 30.7. The van der Waals surface area contributed by atoms with Gasteiger partial charge < -0.3 is 4.90 Å². The molecule has 0 saturated carbocycles. The second kappa shape index (κ2) is 14.0. The van der Waals surface area contributed by atoms with E-state index in [1.165, 1.54) is 4.90 Å². The van der Waals surface area contributed by atoms with Gasteiger partial charge in [-0.2, -0.15) is 0 Å². The number of fused-ring (bicyclic) bond motifs is 4. The first kappa shape index (κ1) is 24.9. The molecule has 1 heteroatoms. The van der Waals surface area contributed by atoms with Gasteiger partial charge in [0.25, 0.3) is 0 Å². The number of hydrogen-bond acceptors (Lipinski definition) is 1. The highest BCUT2D eigenvalue weighted by atomic mass is 15.1. The van der Waals surface area contributed by atoms with Gasteiger partial charge >= 0.3 is 0 Å². The van der Waals surface area contributed by atoms with Gasteiger partial charge in [0.1, 0.15) is 0 Å². The minimum atomic E-state index is -0.402. The molecule has 0 saturated heterocycles. The molecule has 0 N–H and O–H groups in total. The molecule has 0 fully saturated rings. The summed E-state index contributed by atoms with van der Waals surface area (Å²) in [5, 5.41) is 5.52. The Morgan fingerprint density at radius 1 is 0.291 bits per heavy atom. The van der Waals surface area contributed by atoms with Crippen molar-refractivity contribution in [2.24, 2.45) is 0 Å². The van der Waals surface area contributed by atoms with E-state index >= 15 is 0 Å². The van der Waals surface area contributed by atoms with Gasteiger partial charge in [0.15, 0.2) is 0 Å². The Balaban J connectivity index is 1.31. The van der Waals surface area contributed by atoms with Crippen molar-refractivity contribution in [2.45, 2.75) is 0 Å². The molecule has 0 aliphatic rings. The van der Waals surface area contributed by atoms with Crippen molar-refractivity contribution in [3.05, 3.63) is 224 Å². The molecular formula is C54H37N. The van der Waals surface area contributed by atoms with Gasteiger partial charge in [-0.15, -0.1) is 0 Å². The predicted molar refractivity (Wildman–Crippen MR) is 235 cm³/mol. The second-order valence-corrected chi connectivity index (χ2v) is 13.4. The third-order valence-corrected chi connectivity index (χ3v) is 10.2. The van der Waals surface area contributed by atoms with Gasteiger partial charge in [-0.25, -0.2) is 0 Å². The molecular weight excluding hydrogens is 663 g/mol. The minimum Gasteiger partial charge on any atom is -0.310 e. The molecule has 0 aliphatic carbocycles. The van der Waals surface area contributed by atoms with E-state index < -0.39 is 12.1 Å². The molecule has 0 radical (unpaired) electrons. The zero-order chi connectivity index (χ0) is 43.5. The average Bonchev–Trinajstić information content (AvgIpc) is 3.33. The Morgan fingerprint density at radius 2 is 0.745 bits per heavy atom. The Kier molecular flexibility index (Phi) is 6.33. The number of anilines is 3. The molecule has 1 nitrogen and oxygen atoms in total. The van der Waals surface area contributed by atoms with Gasteiger partial charge in [-0.05, 0) is 113 Å². The summed E-state index contributed by atoms with van der Waals surface area (Å²) in [4.78, 5) is 1.37. The maximum Gasteiger partial charge on any atom is 0.0645 e. The van der Waals surface area contributed by atoms with E-state index in [0.29, 0.717) is 16.8 Å². The Morgan fingerprint density at radius 3 is 1.38 bits per heavy atom. The van der Waals surface area contributed by atoms with Crippen LogP contribution in [0.1, 0.15) is 11.0 Å². The van der Waals surface area contributed by atoms with E-state index in [1.807, 2.05) is 127 Å². The molecule has 0 heterocycles. The largest absolute Gasteiger partial charge is 0.310 e. The monoisotopic (exact) mass is 707 g/mol. The van der Waals surface area contributed by atoms with E-state index in [0.717, 1.165) is 54.6 Å². The van der Waals surface area contributed by atoms with Crippen molar-refractivity contribution in [1.29, 1.82) is 0 Å². The van der Waals surface area contributed by atoms with Gasteiger partial charge in [0.2, 0.25) is 0 Å². The van der Waals surface area contributed by atoms with E-state index in [9.17, 15) is 11.0 Å². The van der Waals surface area contributed by atoms with Gasteiger partial charge in [-0.3, -0.25) is 0 Å². The summed E-state index contributed by atoms with van der Waals surface area (Å²) in [6.07, 6.45) is 0. The van der Waals surface area contributed by atoms with Gasteiger partial charge in [0, 0.05) is 17.1 Å². The smallest absolute Gasteiger partial charge is 0.0645 e. The molecule has 0 spiro atoms. The summed E-state index contributed by atoms with van der Waals surface area (Å²) in [5.41, 5.74) is 4.52. The molecule has 0 unspecified atom stereocenters. The van der Waals surface area contributed by atoms with E-state index in [2.05, 4.69) is 12.1 Å². The standard InChI is InChI=1S/C54H37N/c1-3-15-38(16-4-1)40-29-33-44(34-30-40)55(46-22-13-21-43(37-46)39-17-5-2-6-18-39)45-35-31-42(32-36-45)53-51-26-11-9-24-48(51)49-25-10-12-27-52(49)54(53)50-28-14-20-41-19-7-8-23-47(41)50/h1-37H/i29D,30D,31D,32D,33D,34D,35D,36D. The topological polar surface area (TPSA) is 3.24 Å². The number of benzene rings is 10. The van der Waals surface area contributed by atoms with Crippen LogP contribution in [-0.2, 0) is 0 Å². The lowest BCUT2D eigenvalue weighted by Gasteiger charge is -2.27. The maximum atomic E-state index is 9.96. The fraction of sp³-hybridized carbons (Fsp3) is 0. The molecule has 0 amide bonds. The van der Waals surface area contributed by atoms with Crippen LogP contribution in [0.5, 0.6) is 0 Å². The first-order valence-electron chi connectivity index (χ1n) is 22.3. The van der Waals surface area contributed by atoms with Crippen molar-refractivity contribution < 1.29 is 11.0 Å². The van der Waals surface area contributed by atoms with Gasteiger partial charge in [0.05, 0.1) is 11.0 Å². The van der Waals surface area contributed by atoms with E-state index in [4.69, 9.17) is 0 Å². The van der Waals surface area contributed by atoms with Crippen molar-refractivity contribution >= 4 is 49.4 Å². The van der Waals surface area contributed by atoms with Crippen LogP contribution in [0.4, 0.5) is 17.1 Å². The number of rotatable bonds is 7. The molecule has 0 aliphatic heterocycles. The number of nitrogens with zero attached hydrogens (tertiary/aromatic N) is 1. The van der Waals surface area contributed by atoms with Crippen molar-refractivity contribution in [1.82, 2.24) is 0 Å². The van der Waals surface area contributed by atoms with Crippen molar-refractivity contribution in [3.8, 4) is 44.5 Å². The zero-order valence-electron chi connectivity index (χ0n) is 37.7. The third-order valence-electron chi connectivity index (χ3n) is 10.2. The highest BCUT2D eigenvalue weighted by Crippen LogP contribution is 2.47. The lowest BCUT2D eigenvalue weighted by Crippen LogP contribution is -2.10. The summed E-state index contributed by atoms with van der Waals surface area (Å²) in [6.45, 7) is 0. The van der Waals surface area contributed by atoms with Crippen LogP contribution >= 0.6 is 0 Å². The number of hydrogen-bond donors (Lipinski definition) is 0. The molecule has 10 aromatic carbocycles. The summed E-state index contributed by atoms with van der Waals surface area (Å²) in [6, 6.07) is 52.9. The molecule has 0 aromatic heterocycles. The van der Waals surface area contributed by atoms with E-state index in [1.54, 1.807) is 36.4 Å². The Bertz CT molecular complexity index is 3380. The molecule has 10 rings (SSSR count). The molecule has 258 valence electrons. The van der Waals surface area contributed by atoms with Gasteiger partial charge in [-0.1, -0.05) is 188 Å². The quantitative estimate of drug-likeness (QED) is 0.149. The average molecular weight is 708 g/mol. The highest BCUT2D eigenvalue weighted by molar-refractivity contribution is 6.23. The normalized spacial score (nSPS) is 13.3. The Labute approximate surface area is 333 Å². The van der Waals surface area contributed by atoms with Crippen LogP contribution in [0.15, 0.2) is 224 Å². The van der Waals surface area contributed by atoms with E-state index in [-0.39, 0.29) is 58.8 Å². The molecule has 0 bridgehead atoms. The summed E-state index contributed by atoms with van der Waals surface area (Å²) < 4.78 is 77.3. The highest BCUT2D eigenvalue weighted by Gasteiger charge is 2.20. The molecule has 0 atom stereocenters. The third kappa shape index (κ3) is 5.93. The lowest BCUT2D eigenvalue weighted by atomic mass is 9.83. The summed E-state index contributed by atoms with van der Waals surface area (Å²) >= 11 is 0. The van der Waals surface area contributed by atoms with Crippen LogP contribution in [0, 0.1) is 0 Å². The SMILES string of the molecule is [2H]c1c([2H])c(N(c2cccc(-c3ccccc3)c2)c2c([2H])c([2H])c(-c3c(-c4cccc5ccccc45)c4ccccc4c4ccccc34)c([2H])c2[2H])c([2H])c([2H])c1-c1ccccc1. The first-order valence-corrected chi connectivity index (χ1v) is 18.3. The molecule has 10 aromatic rings. The maximum absolute atomic E-state index is 9.96. The van der Waals surface area contributed by atoms with Crippen LogP contribution in [0.2, 0.25) is 0 Å². The fourth-order valence-electron chi connectivity index (χ4n) is 7.66. The summed E-state index contributed by atoms with van der Waals surface area (Å²) in [7, 11) is 0. The van der Waals surface area contributed by atoms with Crippen LogP contribution < -0.4 is 4.90 Å². The second-order valence-electron chi connectivity index (χ2n) is 13.4. The lowest BCUT2D eigenvalue weighted by molar-refractivity contribution is 1.28. The van der Waals surface area contributed by atoms with Crippen LogP contribution in [-0.4, -0.2) is 0 Å². The minimum absolute atomic E-state index is 0.107. The Hall–Kier alpha value is -7.22. The van der Waals surface area contributed by atoms with Crippen LogP contribution in [0.3, 0.4) is 0 Å². The van der Waals surface area contributed by atoms with Crippen LogP contribution in [0.25, 0.3) is 76.8 Å². The van der Waals surface area contributed by atoms with Crippen molar-refractivity contribution in [2.75, 3.05) is 4.90 Å². The molecule has 55 heavy (non-hydrogen) atoms. The summed E-state index contributed by atoms with van der Waals surface area (Å²) in [5.74, 6) is 0. The predicted octanol–water partition coefficient (Wildman–Crippen LogP) is 15.3. The fourth-order valence-corrected chi connectivity index (χ4v) is 7.66.